The van der Waals surface area contributed by atoms with E-state index >= 15 is 0 Å². The molecule has 2 aromatic rings. The minimum atomic E-state index is 0.0369. The van der Waals surface area contributed by atoms with E-state index in [1.165, 1.54) is 0 Å². The maximum atomic E-state index is 5.89. The lowest BCUT2D eigenvalue weighted by Gasteiger charge is -2.16. The zero-order valence-corrected chi connectivity index (χ0v) is 12.6. The molecule has 1 heterocycles. The van der Waals surface area contributed by atoms with Crippen molar-refractivity contribution in [1.29, 1.82) is 0 Å². The fraction of sp³-hybridized carbons (Fsp3) is 0.467. The molecule has 0 bridgehead atoms. The third-order valence-corrected chi connectivity index (χ3v) is 2.81. The van der Waals surface area contributed by atoms with Crippen LogP contribution in [0.5, 0.6) is 11.5 Å². The summed E-state index contributed by atoms with van der Waals surface area (Å²) in [4.78, 5) is 0. The molecular formula is C15H21N3O3. The summed E-state index contributed by atoms with van der Waals surface area (Å²) in [5.74, 6) is 2.34. The number of rotatable bonds is 7. The molecular weight excluding hydrogens is 270 g/mol. The first-order valence-corrected chi connectivity index (χ1v) is 7.02. The Kier molecular flexibility index (Phi) is 5.16. The van der Waals surface area contributed by atoms with E-state index < -0.39 is 0 Å². The van der Waals surface area contributed by atoms with E-state index in [1.54, 1.807) is 6.92 Å². The smallest absolute Gasteiger partial charge is 0.253 e. The lowest BCUT2D eigenvalue weighted by atomic mass is 10.1. The molecule has 2 rings (SSSR count). The molecule has 0 fully saturated rings. The Labute approximate surface area is 124 Å². The lowest BCUT2D eigenvalue weighted by molar-refractivity contribution is 0.238. The second-order valence-corrected chi connectivity index (χ2v) is 4.86. The monoisotopic (exact) mass is 291 g/mol. The maximum absolute atomic E-state index is 5.89. The number of hydrogen-bond donors (Lipinski definition) is 1. The van der Waals surface area contributed by atoms with Crippen molar-refractivity contribution in [2.75, 3.05) is 6.61 Å². The van der Waals surface area contributed by atoms with Gasteiger partial charge in [-0.15, -0.1) is 10.2 Å². The zero-order valence-electron chi connectivity index (χ0n) is 12.6. The number of ether oxygens (including phenoxy) is 2. The van der Waals surface area contributed by atoms with E-state index in [4.69, 9.17) is 19.6 Å². The van der Waals surface area contributed by atoms with E-state index in [0.717, 1.165) is 5.56 Å². The van der Waals surface area contributed by atoms with Crippen molar-refractivity contribution in [3.05, 3.63) is 35.5 Å². The molecule has 21 heavy (non-hydrogen) atoms. The SMILES string of the molecule is CCOc1cccc(CC(C)N)c1OCc1nnc(C)o1. The second kappa shape index (κ2) is 7.08. The first-order valence-electron chi connectivity index (χ1n) is 7.02. The quantitative estimate of drug-likeness (QED) is 0.842. The maximum Gasteiger partial charge on any atom is 0.253 e. The van der Waals surface area contributed by atoms with E-state index in [-0.39, 0.29) is 12.6 Å². The van der Waals surface area contributed by atoms with Gasteiger partial charge in [0, 0.05) is 13.0 Å². The molecule has 0 saturated carbocycles. The van der Waals surface area contributed by atoms with Gasteiger partial charge in [0.1, 0.15) is 0 Å². The summed E-state index contributed by atoms with van der Waals surface area (Å²) in [5, 5.41) is 7.70. The van der Waals surface area contributed by atoms with Crippen molar-refractivity contribution in [3.8, 4) is 11.5 Å². The molecule has 6 nitrogen and oxygen atoms in total. The van der Waals surface area contributed by atoms with Crippen LogP contribution < -0.4 is 15.2 Å². The lowest BCUT2D eigenvalue weighted by Crippen LogP contribution is -2.18. The Bertz CT molecular complexity index is 581. The van der Waals surface area contributed by atoms with Crippen LogP contribution in [0.4, 0.5) is 0 Å². The van der Waals surface area contributed by atoms with Crippen molar-refractivity contribution < 1.29 is 13.9 Å². The predicted octanol–water partition coefficient (Wildman–Crippen LogP) is 2.25. The molecule has 2 N–H and O–H groups in total. The molecule has 0 aliphatic carbocycles. The second-order valence-electron chi connectivity index (χ2n) is 4.86. The highest BCUT2D eigenvalue weighted by Crippen LogP contribution is 2.32. The predicted molar refractivity (Wildman–Crippen MR) is 78.3 cm³/mol. The summed E-state index contributed by atoms with van der Waals surface area (Å²) in [6.07, 6.45) is 0.707. The number of aromatic nitrogens is 2. The molecule has 6 heteroatoms. The molecule has 1 aromatic carbocycles. The Morgan fingerprint density at radius 3 is 2.71 bits per heavy atom. The molecule has 0 saturated heterocycles. The van der Waals surface area contributed by atoms with Crippen LogP contribution in [0.25, 0.3) is 0 Å². The molecule has 0 amide bonds. The fourth-order valence-corrected chi connectivity index (χ4v) is 2.03. The summed E-state index contributed by atoms with van der Waals surface area (Å²) < 4.78 is 16.8. The summed E-state index contributed by atoms with van der Waals surface area (Å²) >= 11 is 0. The fourth-order valence-electron chi connectivity index (χ4n) is 2.03. The summed E-state index contributed by atoms with van der Waals surface area (Å²) in [6, 6.07) is 5.84. The van der Waals surface area contributed by atoms with Gasteiger partial charge in [0.15, 0.2) is 18.1 Å². The zero-order chi connectivity index (χ0) is 15.2. The van der Waals surface area contributed by atoms with Crippen molar-refractivity contribution in [1.82, 2.24) is 10.2 Å². The number of benzene rings is 1. The molecule has 0 aliphatic rings. The van der Waals surface area contributed by atoms with Gasteiger partial charge in [0.05, 0.1) is 6.61 Å². The molecule has 0 spiro atoms. The first kappa shape index (κ1) is 15.3. The molecule has 1 atom stereocenters. The van der Waals surface area contributed by atoms with Gasteiger partial charge in [-0.3, -0.25) is 0 Å². The standard InChI is InChI=1S/C15H21N3O3/c1-4-19-13-7-5-6-12(8-10(2)16)15(13)20-9-14-18-17-11(3)21-14/h5-7,10H,4,8-9,16H2,1-3H3. The van der Waals surface area contributed by atoms with Gasteiger partial charge >= 0.3 is 0 Å². The third kappa shape index (κ3) is 4.19. The van der Waals surface area contributed by atoms with Crippen LogP contribution >= 0.6 is 0 Å². The number of nitrogens with zero attached hydrogens (tertiary/aromatic N) is 2. The minimum absolute atomic E-state index is 0.0369. The van der Waals surface area contributed by atoms with Crippen molar-refractivity contribution >= 4 is 0 Å². The Balaban J connectivity index is 2.20. The normalized spacial score (nSPS) is 12.2. The molecule has 114 valence electrons. The average molecular weight is 291 g/mol. The van der Waals surface area contributed by atoms with Crippen LogP contribution in [0.2, 0.25) is 0 Å². The van der Waals surface area contributed by atoms with E-state index in [2.05, 4.69) is 10.2 Å². The summed E-state index contributed by atoms with van der Waals surface area (Å²) in [6.45, 7) is 6.41. The Morgan fingerprint density at radius 1 is 1.29 bits per heavy atom. The van der Waals surface area contributed by atoms with Crippen molar-refractivity contribution in [2.45, 2.75) is 39.8 Å². The van der Waals surface area contributed by atoms with Crippen LogP contribution in [0.3, 0.4) is 0 Å². The molecule has 0 aliphatic heterocycles. The van der Waals surface area contributed by atoms with Gasteiger partial charge < -0.3 is 19.6 Å². The van der Waals surface area contributed by atoms with Crippen molar-refractivity contribution in [3.63, 3.8) is 0 Å². The third-order valence-electron chi connectivity index (χ3n) is 2.81. The van der Waals surface area contributed by atoms with Gasteiger partial charge in [0.2, 0.25) is 5.89 Å². The minimum Gasteiger partial charge on any atom is -0.490 e. The number of para-hydroxylation sites is 1. The highest BCUT2D eigenvalue weighted by molar-refractivity contribution is 5.47. The van der Waals surface area contributed by atoms with Gasteiger partial charge in [-0.2, -0.15) is 0 Å². The number of nitrogens with two attached hydrogens (primary N) is 1. The molecule has 0 radical (unpaired) electrons. The van der Waals surface area contributed by atoms with Gasteiger partial charge in [-0.05, 0) is 31.9 Å². The van der Waals surface area contributed by atoms with Crippen LogP contribution in [-0.2, 0) is 13.0 Å². The Hall–Kier alpha value is -2.08. The molecule has 1 unspecified atom stereocenters. The Morgan fingerprint density at radius 2 is 2.10 bits per heavy atom. The highest BCUT2D eigenvalue weighted by Gasteiger charge is 2.14. The van der Waals surface area contributed by atoms with Crippen LogP contribution in [0.1, 0.15) is 31.2 Å². The van der Waals surface area contributed by atoms with E-state index in [9.17, 15) is 0 Å². The molecule has 1 aromatic heterocycles. The highest BCUT2D eigenvalue weighted by atomic mass is 16.5. The van der Waals surface area contributed by atoms with Crippen LogP contribution in [-0.4, -0.2) is 22.8 Å². The summed E-state index contributed by atoms with van der Waals surface area (Å²) in [7, 11) is 0. The van der Waals surface area contributed by atoms with E-state index in [1.807, 2.05) is 32.0 Å². The number of hydrogen-bond acceptors (Lipinski definition) is 6. The van der Waals surface area contributed by atoms with Crippen LogP contribution in [0.15, 0.2) is 22.6 Å². The van der Waals surface area contributed by atoms with Crippen molar-refractivity contribution in [2.24, 2.45) is 5.73 Å². The van der Waals surface area contributed by atoms with Gasteiger partial charge in [-0.1, -0.05) is 12.1 Å². The van der Waals surface area contributed by atoms with Gasteiger partial charge in [0.25, 0.3) is 5.89 Å². The largest absolute Gasteiger partial charge is 0.490 e. The summed E-state index contributed by atoms with van der Waals surface area (Å²) in [5.41, 5.74) is 6.90. The number of aryl methyl sites for hydroxylation is 1. The van der Waals surface area contributed by atoms with Crippen LogP contribution in [0, 0.1) is 6.92 Å². The van der Waals surface area contributed by atoms with Gasteiger partial charge in [-0.25, -0.2) is 0 Å². The topological polar surface area (TPSA) is 83.4 Å². The van der Waals surface area contributed by atoms with E-state index in [0.29, 0.717) is 36.3 Å². The first-order chi connectivity index (χ1) is 10.1. The average Bonchev–Trinajstić information content (AvgIpc) is 2.83.